The number of nitrogens with one attached hydrogen (secondary N) is 2. The summed E-state index contributed by atoms with van der Waals surface area (Å²) < 4.78 is 2.76. The van der Waals surface area contributed by atoms with Crippen molar-refractivity contribution in [3.05, 3.63) is 28.5 Å². The molecule has 2 N–H and O–H groups in total. The van der Waals surface area contributed by atoms with Crippen molar-refractivity contribution in [3.63, 3.8) is 0 Å². The predicted octanol–water partition coefficient (Wildman–Crippen LogP) is 2.07. The number of aromatic amines is 1. The van der Waals surface area contributed by atoms with Crippen molar-refractivity contribution in [2.75, 3.05) is 6.54 Å². The fourth-order valence-electron chi connectivity index (χ4n) is 2.48. The van der Waals surface area contributed by atoms with Crippen molar-refractivity contribution in [2.24, 2.45) is 0 Å². The molecule has 88 valence electrons. The standard InChI is InChI=1S/C12H13N3OS/c1-7-3-2-4-9-11(7)15(12(17)14-9)8-5-10(16)13-6-8/h2-4,8H,5-6H2,1H3,(H,13,16)(H,14,17). The Hall–Kier alpha value is -1.62. The molecular formula is C12H13N3OS. The monoisotopic (exact) mass is 247 g/mol. The number of amides is 1. The van der Waals surface area contributed by atoms with Gasteiger partial charge in [0.25, 0.3) is 0 Å². The van der Waals surface area contributed by atoms with Crippen LogP contribution in [-0.2, 0) is 4.79 Å². The summed E-state index contributed by atoms with van der Waals surface area (Å²) >= 11 is 5.36. The first-order valence-corrected chi connectivity index (χ1v) is 6.04. The maximum Gasteiger partial charge on any atom is 0.222 e. The first-order chi connectivity index (χ1) is 8.16. The van der Waals surface area contributed by atoms with Crippen LogP contribution in [0.1, 0.15) is 18.0 Å². The van der Waals surface area contributed by atoms with Crippen molar-refractivity contribution in [1.82, 2.24) is 14.9 Å². The van der Waals surface area contributed by atoms with E-state index in [1.165, 1.54) is 5.56 Å². The van der Waals surface area contributed by atoms with Crippen LogP contribution in [0.15, 0.2) is 18.2 Å². The zero-order valence-corrected chi connectivity index (χ0v) is 10.3. The van der Waals surface area contributed by atoms with E-state index in [0.29, 0.717) is 17.7 Å². The number of hydrogen-bond acceptors (Lipinski definition) is 2. The van der Waals surface area contributed by atoms with Crippen molar-refractivity contribution in [2.45, 2.75) is 19.4 Å². The molecule has 1 saturated heterocycles. The first-order valence-electron chi connectivity index (χ1n) is 5.63. The quantitative estimate of drug-likeness (QED) is 0.758. The molecule has 1 aliphatic heterocycles. The normalized spacial score (nSPS) is 19.8. The molecule has 1 amide bonds. The maximum atomic E-state index is 11.3. The zero-order valence-electron chi connectivity index (χ0n) is 9.49. The number of nitrogens with zero attached hydrogens (tertiary/aromatic N) is 1. The summed E-state index contributed by atoms with van der Waals surface area (Å²) in [6.07, 6.45) is 0.510. The number of imidazole rings is 1. The van der Waals surface area contributed by atoms with Crippen molar-refractivity contribution in [3.8, 4) is 0 Å². The lowest BCUT2D eigenvalue weighted by atomic mass is 10.2. The zero-order chi connectivity index (χ0) is 12.0. The van der Waals surface area contributed by atoms with Gasteiger partial charge in [-0.15, -0.1) is 0 Å². The van der Waals surface area contributed by atoms with Gasteiger partial charge in [0, 0.05) is 13.0 Å². The molecule has 0 spiro atoms. The Morgan fingerprint density at radius 3 is 3.00 bits per heavy atom. The molecule has 3 rings (SSSR count). The molecule has 2 aromatic rings. The van der Waals surface area contributed by atoms with Crippen LogP contribution in [-0.4, -0.2) is 22.0 Å². The van der Waals surface area contributed by atoms with E-state index in [-0.39, 0.29) is 11.9 Å². The Labute approximate surface area is 104 Å². The number of benzene rings is 1. The Kier molecular flexibility index (Phi) is 2.29. The van der Waals surface area contributed by atoms with Gasteiger partial charge in [-0.3, -0.25) is 4.79 Å². The van der Waals surface area contributed by atoms with Gasteiger partial charge in [0.1, 0.15) is 0 Å². The summed E-state index contributed by atoms with van der Waals surface area (Å²) in [4.78, 5) is 14.5. The van der Waals surface area contributed by atoms with E-state index in [1.807, 2.05) is 12.1 Å². The Morgan fingerprint density at radius 2 is 2.29 bits per heavy atom. The number of fused-ring (bicyclic) bond motifs is 1. The molecular weight excluding hydrogens is 234 g/mol. The minimum atomic E-state index is 0.0971. The minimum Gasteiger partial charge on any atom is -0.354 e. The maximum absolute atomic E-state index is 11.3. The van der Waals surface area contributed by atoms with E-state index in [4.69, 9.17) is 12.2 Å². The molecule has 5 heteroatoms. The van der Waals surface area contributed by atoms with E-state index in [9.17, 15) is 4.79 Å². The van der Waals surface area contributed by atoms with Crippen LogP contribution < -0.4 is 5.32 Å². The van der Waals surface area contributed by atoms with E-state index in [2.05, 4.69) is 27.9 Å². The molecule has 1 aromatic carbocycles. The summed E-state index contributed by atoms with van der Waals surface area (Å²) in [5.74, 6) is 0.0971. The van der Waals surface area contributed by atoms with Gasteiger partial charge in [-0.2, -0.15) is 0 Å². The largest absolute Gasteiger partial charge is 0.354 e. The molecule has 0 radical (unpaired) electrons. The fraction of sp³-hybridized carbons (Fsp3) is 0.333. The van der Waals surface area contributed by atoms with Crippen molar-refractivity contribution < 1.29 is 4.79 Å². The number of aryl methyl sites for hydroxylation is 1. The molecule has 2 heterocycles. The van der Waals surface area contributed by atoms with Gasteiger partial charge in [-0.1, -0.05) is 12.1 Å². The van der Waals surface area contributed by atoms with E-state index in [1.54, 1.807) is 0 Å². The second-order valence-electron chi connectivity index (χ2n) is 4.43. The Morgan fingerprint density at radius 1 is 1.47 bits per heavy atom. The lowest BCUT2D eigenvalue weighted by Gasteiger charge is -2.12. The highest BCUT2D eigenvalue weighted by Crippen LogP contribution is 2.25. The molecule has 0 bridgehead atoms. The molecule has 1 unspecified atom stereocenters. The average Bonchev–Trinajstić information content (AvgIpc) is 2.82. The van der Waals surface area contributed by atoms with Crippen LogP contribution in [0.4, 0.5) is 0 Å². The average molecular weight is 247 g/mol. The minimum absolute atomic E-state index is 0.0971. The molecule has 1 aliphatic rings. The second-order valence-corrected chi connectivity index (χ2v) is 4.82. The van der Waals surface area contributed by atoms with Gasteiger partial charge in [0.15, 0.2) is 4.77 Å². The third-order valence-electron chi connectivity index (χ3n) is 3.26. The van der Waals surface area contributed by atoms with E-state index in [0.717, 1.165) is 11.0 Å². The second kappa shape index (κ2) is 3.70. The number of rotatable bonds is 1. The summed E-state index contributed by atoms with van der Waals surface area (Å²) in [7, 11) is 0. The van der Waals surface area contributed by atoms with Crippen LogP contribution in [0.5, 0.6) is 0 Å². The third kappa shape index (κ3) is 1.58. The molecule has 4 nitrogen and oxygen atoms in total. The van der Waals surface area contributed by atoms with Gasteiger partial charge >= 0.3 is 0 Å². The predicted molar refractivity (Wildman–Crippen MR) is 68.5 cm³/mol. The van der Waals surface area contributed by atoms with Gasteiger partial charge in [-0.05, 0) is 30.8 Å². The molecule has 17 heavy (non-hydrogen) atoms. The highest BCUT2D eigenvalue weighted by molar-refractivity contribution is 7.71. The number of hydrogen-bond donors (Lipinski definition) is 2. The smallest absolute Gasteiger partial charge is 0.222 e. The van der Waals surface area contributed by atoms with E-state index >= 15 is 0 Å². The summed E-state index contributed by atoms with van der Waals surface area (Å²) in [5.41, 5.74) is 3.32. The molecule has 1 aromatic heterocycles. The Bertz CT molecular complexity index is 655. The summed E-state index contributed by atoms with van der Waals surface area (Å²) in [5, 5.41) is 2.85. The van der Waals surface area contributed by atoms with Crippen LogP contribution in [0.3, 0.4) is 0 Å². The van der Waals surface area contributed by atoms with Crippen molar-refractivity contribution >= 4 is 29.2 Å². The highest BCUT2D eigenvalue weighted by atomic mass is 32.1. The van der Waals surface area contributed by atoms with Gasteiger partial charge in [0.05, 0.1) is 17.1 Å². The lowest BCUT2D eigenvalue weighted by Crippen LogP contribution is -2.15. The number of aromatic nitrogens is 2. The van der Waals surface area contributed by atoms with Gasteiger partial charge in [-0.25, -0.2) is 0 Å². The van der Waals surface area contributed by atoms with Gasteiger partial charge in [0.2, 0.25) is 5.91 Å². The SMILES string of the molecule is Cc1cccc2[nH]c(=S)n(C3CNC(=O)C3)c12. The van der Waals surface area contributed by atoms with E-state index < -0.39 is 0 Å². The molecule has 0 saturated carbocycles. The number of H-pyrrole nitrogens is 1. The number of carbonyl (C=O) groups is 1. The summed E-state index contributed by atoms with van der Waals surface area (Å²) in [6, 6.07) is 6.21. The lowest BCUT2D eigenvalue weighted by molar-refractivity contribution is -0.119. The summed E-state index contributed by atoms with van der Waals surface area (Å²) in [6.45, 7) is 2.72. The Balaban J connectivity index is 2.25. The first kappa shape index (κ1) is 10.5. The molecule has 1 fully saturated rings. The van der Waals surface area contributed by atoms with Crippen LogP contribution in [0, 0.1) is 11.7 Å². The van der Waals surface area contributed by atoms with Gasteiger partial charge < -0.3 is 14.9 Å². The van der Waals surface area contributed by atoms with Crippen LogP contribution >= 0.6 is 12.2 Å². The fourth-order valence-corrected chi connectivity index (χ4v) is 2.83. The third-order valence-corrected chi connectivity index (χ3v) is 3.56. The number of carbonyl (C=O) groups excluding carboxylic acids is 1. The highest BCUT2D eigenvalue weighted by Gasteiger charge is 2.25. The molecule has 0 aliphatic carbocycles. The van der Waals surface area contributed by atoms with Crippen LogP contribution in [0.25, 0.3) is 11.0 Å². The number of para-hydroxylation sites is 1. The topological polar surface area (TPSA) is 49.8 Å². The molecule has 1 atom stereocenters. The van der Waals surface area contributed by atoms with Crippen LogP contribution in [0.2, 0.25) is 0 Å². The van der Waals surface area contributed by atoms with Crippen molar-refractivity contribution in [1.29, 1.82) is 0 Å².